The Morgan fingerprint density at radius 3 is 1.93 bits per heavy atom. The number of hydrogen-bond acceptors (Lipinski definition) is 7. The molecule has 164 valence electrons. The molecule has 0 aromatic heterocycles. The van der Waals surface area contributed by atoms with E-state index in [9.17, 15) is 21.9 Å². The van der Waals surface area contributed by atoms with Gasteiger partial charge >= 0.3 is 0 Å². The van der Waals surface area contributed by atoms with Crippen LogP contribution in [0.15, 0.2) is 58.3 Å². The first-order valence-corrected chi connectivity index (χ1v) is 14.4. The van der Waals surface area contributed by atoms with Gasteiger partial charge in [0.2, 0.25) is 0 Å². The van der Waals surface area contributed by atoms with Crippen LogP contribution in [0.25, 0.3) is 0 Å². The molecule has 1 fully saturated rings. The van der Waals surface area contributed by atoms with Crippen molar-refractivity contribution >= 4 is 31.4 Å². The molecule has 1 aliphatic heterocycles. The van der Waals surface area contributed by atoms with E-state index in [1.807, 2.05) is 0 Å². The van der Waals surface area contributed by atoms with E-state index in [2.05, 4.69) is 6.92 Å². The minimum absolute atomic E-state index is 0.181. The molecule has 1 aliphatic rings. The first-order chi connectivity index (χ1) is 13.9. The van der Waals surface area contributed by atoms with Crippen molar-refractivity contribution in [3.8, 4) is 0 Å². The Morgan fingerprint density at radius 2 is 1.47 bits per heavy atom. The van der Waals surface area contributed by atoms with Crippen LogP contribution in [0.2, 0.25) is 0 Å². The molecular weight excluding hydrogens is 444 g/mol. The van der Waals surface area contributed by atoms with E-state index in [1.54, 1.807) is 36.0 Å². The molecule has 0 aliphatic carbocycles. The first kappa shape index (κ1) is 23.3. The fourth-order valence-corrected chi connectivity index (χ4v) is 5.61. The van der Waals surface area contributed by atoms with E-state index < -0.39 is 31.4 Å². The fraction of sp³-hybridized carbons (Fsp3) is 0.429. The zero-order chi connectivity index (χ0) is 22.2. The van der Waals surface area contributed by atoms with Gasteiger partial charge in [-0.2, -0.15) is 11.8 Å². The SMILES string of the molecule is CCSC[C@H]1C[C@@](O)(c2ccc(S(C)(=O)=O)cc2)[C@H](c2ccc(S(C)(=O)=O)cc2)O1. The van der Waals surface area contributed by atoms with Crippen molar-refractivity contribution in [2.45, 2.75) is 40.9 Å². The van der Waals surface area contributed by atoms with Crippen molar-refractivity contribution in [2.75, 3.05) is 24.0 Å². The van der Waals surface area contributed by atoms with Crippen LogP contribution in [-0.2, 0) is 30.0 Å². The largest absolute Gasteiger partial charge is 0.382 e. The average molecular weight is 471 g/mol. The molecule has 2 aromatic carbocycles. The van der Waals surface area contributed by atoms with Gasteiger partial charge in [-0.3, -0.25) is 0 Å². The summed E-state index contributed by atoms with van der Waals surface area (Å²) < 4.78 is 53.3. The summed E-state index contributed by atoms with van der Waals surface area (Å²) >= 11 is 1.72. The Hall–Kier alpha value is -1.39. The van der Waals surface area contributed by atoms with Crippen molar-refractivity contribution in [1.29, 1.82) is 0 Å². The number of benzene rings is 2. The van der Waals surface area contributed by atoms with E-state index >= 15 is 0 Å². The Labute approximate surface area is 182 Å². The number of rotatable bonds is 7. The summed E-state index contributed by atoms with van der Waals surface area (Å²) in [6, 6.07) is 12.5. The predicted octanol–water partition coefficient (Wildman–Crippen LogP) is 2.96. The van der Waals surface area contributed by atoms with Crippen LogP contribution in [0.4, 0.5) is 0 Å². The number of aliphatic hydroxyl groups is 1. The zero-order valence-corrected chi connectivity index (χ0v) is 19.6. The third kappa shape index (κ3) is 4.91. The molecule has 0 saturated carbocycles. The lowest BCUT2D eigenvalue weighted by Gasteiger charge is -2.29. The molecule has 0 amide bonds. The van der Waals surface area contributed by atoms with E-state index in [4.69, 9.17) is 4.74 Å². The minimum Gasteiger partial charge on any atom is -0.382 e. The number of thioether (sulfide) groups is 1. The molecule has 6 nitrogen and oxygen atoms in total. The van der Waals surface area contributed by atoms with Gasteiger partial charge < -0.3 is 9.84 Å². The van der Waals surface area contributed by atoms with Crippen molar-refractivity contribution in [3.63, 3.8) is 0 Å². The highest BCUT2D eigenvalue weighted by molar-refractivity contribution is 7.99. The maximum atomic E-state index is 11.8. The predicted molar refractivity (Wildman–Crippen MR) is 118 cm³/mol. The lowest BCUT2D eigenvalue weighted by molar-refractivity contribution is -0.0515. The number of hydrogen-bond donors (Lipinski definition) is 1. The lowest BCUT2D eigenvalue weighted by atomic mass is 9.83. The zero-order valence-electron chi connectivity index (χ0n) is 17.1. The molecule has 3 atom stereocenters. The maximum absolute atomic E-state index is 11.8. The van der Waals surface area contributed by atoms with Crippen LogP contribution in [0.5, 0.6) is 0 Å². The van der Waals surface area contributed by atoms with E-state index in [-0.39, 0.29) is 15.9 Å². The Kier molecular flexibility index (Phi) is 6.69. The molecule has 2 aromatic rings. The highest BCUT2D eigenvalue weighted by Crippen LogP contribution is 2.49. The van der Waals surface area contributed by atoms with Gasteiger partial charge in [-0.05, 0) is 41.1 Å². The molecule has 3 rings (SSSR count). The summed E-state index contributed by atoms with van der Waals surface area (Å²) in [7, 11) is -6.67. The molecule has 0 radical (unpaired) electrons. The Bertz CT molecular complexity index is 1090. The summed E-state index contributed by atoms with van der Waals surface area (Å²) in [4.78, 5) is 0.379. The van der Waals surface area contributed by atoms with Crippen LogP contribution in [0.1, 0.15) is 30.6 Å². The van der Waals surface area contributed by atoms with Crippen LogP contribution in [0.3, 0.4) is 0 Å². The third-order valence-corrected chi connectivity index (χ3v) is 8.48. The van der Waals surface area contributed by atoms with Gasteiger partial charge in [0.15, 0.2) is 19.7 Å². The van der Waals surface area contributed by atoms with E-state index in [0.29, 0.717) is 17.5 Å². The summed E-state index contributed by atoms with van der Waals surface area (Å²) in [5.41, 5.74) is -0.126. The summed E-state index contributed by atoms with van der Waals surface area (Å²) in [6.07, 6.45) is 1.76. The average Bonchev–Trinajstić information content (AvgIpc) is 3.03. The molecule has 0 unspecified atom stereocenters. The number of sulfone groups is 2. The summed E-state index contributed by atoms with van der Waals surface area (Å²) in [5, 5.41) is 11.7. The topological polar surface area (TPSA) is 97.7 Å². The molecule has 0 bridgehead atoms. The van der Waals surface area contributed by atoms with Crippen LogP contribution >= 0.6 is 11.8 Å². The van der Waals surface area contributed by atoms with Gasteiger partial charge in [0, 0.05) is 24.7 Å². The Balaban J connectivity index is 2.00. The fourth-order valence-electron chi connectivity index (χ4n) is 3.66. The Morgan fingerprint density at radius 1 is 0.967 bits per heavy atom. The second-order valence-corrected chi connectivity index (χ2v) is 12.9. The van der Waals surface area contributed by atoms with Crippen LogP contribution in [0, 0.1) is 0 Å². The van der Waals surface area contributed by atoms with Gasteiger partial charge in [0.25, 0.3) is 0 Å². The summed E-state index contributed by atoms with van der Waals surface area (Å²) in [6.45, 7) is 2.05. The normalized spacial score (nSPS) is 24.8. The van der Waals surface area contributed by atoms with E-state index in [1.165, 1.54) is 24.3 Å². The van der Waals surface area contributed by atoms with Gasteiger partial charge in [-0.1, -0.05) is 31.2 Å². The number of ether oxygens (including phenoxy) is 1. The monoisotopic (exact) mass is 470 g/mol. The van der Waals surface area contributed by atoms with Crippen molar-refractivity contribution < 1.29 is 26.7 Å². The van der Waals surface area contributed by atoms with Gasteiger partial charge in [-0.25, -0.2) is 16.8 Å². The quantitative estimate of drug-likeness (QED) is 0.664. The van der Waals surface area contributed by atoms with Gasteiger partial charge in [0.1, 0.15) is 11.7 Å². The first-order valence-electron chi connectivity index (χ1n) is 9.51. The third-order valence-electron chi connectivity index (χ3n) is 5.20. The molecular formula is C21H26O6S3. The second-order valence-electron chi connectivity index (χ2n) is 7.56. The van der Waals surface area contributed by atoms with Gasteiger partial charge in [-0.15, -0.1) is 0 Å². The molecule has 0 spiro atoms. The standard InChI is InChI=1S/C21H26O6S3/c1-4-28-14-17-13-21(22,16-7-11-19(12-8-16)30(3,25)26)20(27-17)15-5-9-18(10-6-15)29(2,23)24/h5-12,17,20,22H,4,13-14H2,1-3H3/t17-,20+,21-/m1/s1. The molecule has 30 heavy (non-hydrogen) atoms. The van der Waals surface area contributed by atoms with Crippen LogP contribution < -0.4 is 0 Å². The summed E-state index contributed by atoms with van der Waals surface area (Å²) in [5.74, 6) is 1.65. The minimum atomic E-state index is -3.34. The maximum Gasteiger partial charge on any atom is 0.175 e. The van der Waals surface area contributed by atoms with Crippen LogP contribution in [-0.4, -0.2) is 52.1 Å². The second kappa shape index (κ2) is 8.63. The highest BCUT2D eigenvalue weighted by Gasteiger charge is 2.49. The van der Waals surface area contributed by atoms with E-state index in [0.717, 1.165) is 24.0 Å². The van der Waals surface area contributed by atoms with Crippen molar-refractivity contribution in [2.24, 2.45) is 0 Å². The van der Waals surface area contributed by atoms with Crippen molar-refractivity contribution in [3.05, 3.63) is 59.7 Å². The smallest absolute Gasteiger partial charge is 0.175 e. The molecule has 1 N–H and O–H groups in total. The molecule has 9 heteroatoms. The highest BCUT2D eigenvalue weighted by atomic mass is 32.2. The van der Waals surface area contributed by atoms with Gasteiger partial charge in [0.05, 0.1) is 15.9 Å². The molecule has 1 heterocycles. The van der Waals surface area contributed by atoms with Crippen molar-refractivity contribution in [1.82, 2.24) is 0 Å². The lowest BCUT2D eigenvalue weighted by Crippen LogP contribution is -2.29. The molecule has 1 saturated heterocycles.